The first-order chi connectivity index (χ1) is 43.8. The maximum absolute atomic E-state index is 13.6. The molecule has 2 aliphatic carbocycles. The van der Waals surface area contributed by atoms with Gasteiger partial charge in [0.25, 0.3) is 23.6 Å². The van der Waals surface area contributed by atoms with Gasteiger partial charge >= 0.3 is 6.18 Å². The number of fused-ring (bicyclic) bond motifs is 8. The molecule has 92 heavy (non-hydrogen) atoms. The Labute approximate surface area is 533 Å². The van der Waals surface area contributed by atoms with Gasteiger partial charge in [0.1, 0.15) is 29.2 Å². The van der Waals surface area contributed by atoms with Crippen molar-refractivity contribution in [3.05, 3.63) is 193 Å². The molecule has 8 aliphatic rings. The van der Waals surface area contributed by atoms with Crippen LogP contribution < -0.4 is 14.2 Å². The first-order valence-corrected chi connectivity index (χ1v) is 31.7. The van der Waals surface area contributed by atoms with E-state index in [1.165, 1.54) is 53.3 Å². The Morgan fingerprint density at radius 1 is 0.533 bits per heavy atom. The minimum absolute atomic E-state index is 0.0564. The SMILES string of the molecule is CC(F)(F)c1ccc2c(c1)OCC21CCN(C(=O)C(=O)CC2Cc3ccccc32)CC1.CC(F)c1ccc2c(c1)OCC21CCN(C(=O)C(=O)Cc2ccc(Cl)cc2)CC1.O=C(CC1Cc2ccc(F)cc21)C(=O)N1CCC2(CC1)COc1cc(C(F)(F)F)ccc12. The lowest BCUT2D eigenvalue weighted by Gasteiger charge is -2.38. The number of carbonyl (C=O) groups is 6. The maximum atomic E-state index is 13.6. The van der Waals surface area contributed by atoms with E-state index in [9.17, 15) is 59.5 Å². The third kappa shape index (κ3) is 12.8. The lowest BCUT2D eigenvalue weighted by molar-refractivity contribution is -0.146. The van der Waals surface area contributed by atoms with Crippen LogP contribution >= 0.6 is 11.6 Å². The van der Waals surface area contributed by atoms with Crippen LogP contribution in [0.5, 0.6) is 17.2 Å². The summed E-state index contributed by atoms with van der Waals surface area (Å²) in [6.07, 6.45) is 0.244. The standard InChI is InChI=1S/C25H25F2NO3.C24H21F4NO3.C23H23ClFNO3/c1-24(26,27)18-6-7-20-22(14-18)31-15-25(20)8-10-28(11-9-25)23(30)21(29)13-17-12-16-4-2-3-5-19(16)17;25-17-3-1-14-9-15(18(14)12-17)10-20(30)22(31)29-7-5-23(6-8-29)13-32-21-11-16(24(26,27)28)2-4-19(21)23;1-15(25)17-4-7-19-21(13-17)29-14-23(19)8-10-26(11-9-23)22(28)20(27)12-16-2-5-18(24)6-3-16/h2-7,14,17H,8-13,15H2,1H3;1-4,11-12,15H,5-10,13H2;2-7,13,15H,8-12,14H2,1H3. The van der Waals surface area contributed by atoms with E-state index in [2.05, 4.69) is 6.07 Å². The number of hydrogen-bond donors (Lipinski definition) is 0. The molecule has 6 aromatic rings. The Morgan fingerprint density at radius 3 is 1.45 bits per heavy atom. The summed E-state index contributed by atoms with van der Waals surface area (Å²) < 4.78 is 110. The van der Waals surface area contributed by atoms with Crippen molar-refractivity contribution in [2.75, 3.05) is 59.1 Å². The number of amides is 3. The van der Waals surface area contributed by atoms with Gasteiger partial charge in [-0.25, -0.2) is 17.6 Å². The van der Waals surface area contributed by atoms with Crippen LogP contribution in [0, 0.1) is 5.82 Å². The normalized spacial score (nSPS) is 20.1. The summed E-state index contributed by atoms with van der Waals surface area (Å²) in [5.41, 5.74) is 6.70. The van der Waals surface area contributed by atoms with E-state index < -0.39 is 58.5 Å². The summed E-state index contributed by atoms with van der Waals surface area (Å²) in [6.45, 7) is 6.26. The molecule has 14 rings (SSSR count). The van der Waals surface area contributed by atoms with Crippen LogP contribution in [0.2, 0.25) is 5.02 Å². The topological polar surface area (TPSA) is 140 Å². The van der Waals surface area contributed by atoms with Gasteiger partial charge in [0, 0.05) is 109 Å². The number of alkyl halides is 6. The van der Waals surface area contributed by atoms with Crippen molar-refractivity contribution in [3.8, 4) is 17.2 Å². The molecule has 0 aromatic heterocycles. The number of piperidine rings is 3. The minimum Gasteiger partial charge on any atom is -0.492 e. The molecule has 0 saturated carbocycles. The first kappa shape index (κ1) is 64.1. The zero-order valence-corrected chi connectivity index (χ0v) is 51.7. The van der Waals surface area contributed by atoms with Gasteiger partial charge in [0.2, 0.25) is 17.3 Å². The fourth-order valence-electron chi connectivity index (χ4n) is 14.6. The minimum atomic E-state index is -4.43. The van der Waals surface area contributed by atoms with Gasteiger partial charge in [-0.05, 0) is 152 Å². The second kappa shape index (κ2) is 25.1. The number of benzene rings is 6. The number of ether oxygens (including phenoxy) is 3. The Kier molecular flexibility index (Phi) is 17.5. The van der Waals surface area contributed by atoms with Crippen LogP contribution in [-0.2, 0) is 76.4 Å². The van der Waals surface area contributed by atoms with Crippen LogP contribution in [0.3, 0.4) is 0 Å². The van der Waals surface area contributed by atoms with Crippen molar-refractivity contribution in [1.29, 1.82) is 0 Å². The maximum Gasteiger partial charge on any atom is 0.416 e. The predicted octanol–water partition coefficient (Wildman–Crippen LogP) is 13.2. The van der Waals surface area contributed by atoms with Crippen molar-refractivity contribution in [2.24, 2.45) is 0 Å². The number of Topliss-reactive ketones (excluding diaryl/α,β-unsaturated/α-hetero) is 3. The molecule has 20 heteroatoms. The summed E-state index contributed by atoms with van der Waals surface area (Å²) in [7, 11) is 0. The molecule has 0 bridgehead atoms. The summed E-state index contributed by atoms with van der Waals surface area (Å²) in [5, 5.41) is 0.598. The lowest BCUT2D eigenvalue weighted by atomic mass is 9.73. The van der Waals surface area contributed by atoms with Crippen LogP contribution in [0.4, 0.5) is 30.7 Å². The monoisotopic (exact) mass is 1290 g/mol. The summed E-state index contributed by atoms with van der Waals surface area (Å²) >= 11 is 5.86. The molecule has 3 fully saturated rings. The van der Waals surface area contributed by atoms with E-state index in [1.807, 2.05) is 30.3 Å². The smallest absolute Gasteiger partial charge is 0.416 e. The Bertz CT molecular complexity index is 3880. The first-order valence-electron chi connectivity index (χ1n) is 31.3. The number of rotatable bonds is 11. The van der Waals surface area contributed by atoms with Gasteiger partial charge in [0.15, 0.2) is 0 Å². The molecule has 6 aromatic carbocycles. The number of halogens is 8. The van der Waals surface area contributed by atoms with E-state index in [0.717, 1.165) is 77.4 Å². The molecule has 0 N–H and O–H groups in total. The molecule has 6 aliphatic heterocycles. The van der Waals surface area contributed by atoms with E-state index in [4.69, 9.17) is 25.8 Å². The Hall–Kier alpha value is -8.06. The van der Waals surface area contributed by atoms with E-state index in [0.29, 0.717) is 101 Å². The lowest BCUT2D eigenvalue weighted by Crippen LogP contribution is -2.48. The molecular formula is C72H69ClF7N3O9. The van der Waals surface area contributed by atoms with Crippen molar-refractivity contribution >= 4 is 46.7 Å². The van der Waals surface area contributed by atoms with Gasteiger partial charge in [-0.15, -0.1) is 0 Å². The second-order valence-corrected chi connectivity index (χ2v) is 26.5. The molecule has 12 nitrogen and oxygen atoms in total. The fourth-order valence-corrected chi connectivity index (χ4v) is 14.7. The molecule has 3 amide bonds. The summed E-state index contributed by atoms with van der Waals surface area (Å²) in [5.74, 6) is -4.36. The number of likely N-dealkylation sites (tertiary alicyclic amines) is 3. The molecule has 3 spiro atoms. The number of ketones is 3. The molecule has 482 valence electrons. The molecule has 0 radical (unpaired) electrons. The average molecular weight is 1290 g/mol. The van der Waals surface area contributed by atoms with E-state index >= 15 is 0 Å². The van der Waals surface area contributed by atoms with Gasteiger partial charge in [-0.1, -0.05) is 84.4 Å². The summed E-state index contributed by atoms with van der Waals surface area (Å²) in [4.78, 5) is 80.5. The number of nitrogens with zero attached hydrogens (tertiary/aromatic N) is 3. The van der Waals surface area contributed by atoms with Crippen LogP contribution in [0.25, 0.3) is 0 Å². The molecule has 6 heterocycles. The Balaban J connectivity index is 0.000000133. The van der Waals surface area contributed by atoms with Crippen molar-refractivity contribution < 1.29 is 73.7 Å². The number of hydrogen-bond acceptors (Lipinski definition) is 9. The third-order valence-electron chi connectivity index (χ3n) is 20.3. The van der Waals surface area contributed by atoms with Crippen LogP contribution in [-0.4, -0.2) is 109 Å². The van der Waals surface area contributed by atoms with E-state index in [-0.39, 0.29) is 71.4 Å². The molecule has 3 saturated heterocycles. The van der Waals surface area contributed by atoms with Gasteiger partial charge in [-0.3, -0.25) is 28.8 Å². The average Bonchev–Trinajstić information content (AvgIpc) is 1.67. The highest BCUT2D eigenvalue weighted by molar-refractivity contribution is 6.37. The van der Waals surface area contributed by atoms with Gasteiger partial charge in [0.05, 0.1) is 25.4 Å². The summed E-state index contributed by atoms with van der Waals surface area (Å²) in [6, 6.07) is 33.3. The van der Waals surface area contributed by atoms with Gasteiger partial charge < -0.3 is 28.9 Å². The van der Waals surface area contributed by atoms with Crippen molar-refractivity contribution in [3.63, 3.8) is 0 Å². The zero-order chi connectivity index (χ0) is 65.1. The van der Waals surface area contributed by atoms with Crippen molar-refractivity contribution in [2.45, 2.75) is 131 Å². The highest BCUT2D eigenvalue weighted by Crippen LogP contribution is 2.51. The van der Waals surface area contributed by atoms with Crippen molar-refractivity contribution in [1.82, 2.24) is 14.7 Å². The molecule has 3 atom stereocenters. The molecule has 3 unspecified atom stereocenters. The fraction of sp³-hybridized carbons (Fsp3) is 0.417. The largest absolute Gasteiger partial charge is 0.492 e. The van der Waals surface area contributed by atoms with Crippen LogP contribution in [0.15, 0.2) is 121 Å². The quantitative estimate of drug-likeness (QED) is 0.0916. The third-order valence-corrected chi connectivity index (χ3v) is 20.6. The number of carbonyl (C=O) groups excluding carboxylic acids is 6. The zero-order valence-electron chi connectivity index (χ0n) is 51.0. The van der Waals surface area contributed by atoms with E-state index in [1.54, 1.807) is 52.3 Å². The Morgan fingerprint density at radius 2 is 0.967 bits per heavy atom. The predicted molar refractivity (Wildman–Crippen MR) is 328 cm³/mol. The molecular weight excluding hydrogens is 1220 g/mol. The van der Waals surface area contributed by atoms with Crippen LogP contribution in [0.1, 0.15) is 144 Å². The highest BCUT2D eigenvalue weighted by atomic mass is 35.5. The second-order valence-electron chi connectivity index (χ2n) is 26.1. The van der Waals surface area contributed by atoms with Gasteiger partial charge in [-0.2, -0.15) is 13.2 Å². The highest BCUT2D eigenvalue weighted by Gasteiger charge is 2.49.